The van der Waals surface area contributed by atoms with E-state index >= 15 is 4.39 Å². The number of aromatic nitrogens is 3. The number of carbonyl (C=O) groups is 1. The molecule has 3 heterocycles. The van der Waals surface area contributed by atoms with Crippen LogP contribution in [0, 0.1) is 6.92 Å². The van der Waals surface area contributed by atoms with Crippen LogP contribution in [0.2, 0.25) is 0 Å². The van der Waals surface area contributed by atoms with Crippen molar-refractivity contribution in [2.45, 2.75) is 82.8 Å². The molecule has 2 aliphatic rings. The maximum atomic E-state index is 15.6. The minimum absolute atomic E-state index is 0.0294. The van der Waals surface area contributed by atoms with Crippen molar-refractivity contribution in [1.29, 1.82) is 0 Å². The Morgan fingerprint density at radius 3 is 2.59 bits per heavy atom. The first kappa shape index (κ1) is 28.9. The van der Waals surface area contributed by atoms with Crippen LogP contribution in [0.4, 0.5) is 17.6 Å². The molecule has 1 fully saturated rings. The Balaban J connectivity index is 1.20. The lowest BCUT2D eigenvalue weighted by atomic mass is 9.81. The molecule has 0 unspecified atom stereocenters. The van der Waals surface area contributed by atoms with E-state index in [-0.39, 0.29) is 17.8 Å². The van der Waals surface area contributed by atoms with E-state index in [0.29, 0.717) is 63.9 Å². The number of alkyl halides is 4. The molecule has 0 spiro atoms. The molecule has 1 saturated carbocycles. The summed E-state index contributed by atoms with van der Waals surface area (Å²) >= 11 is 0. The molecule has 2 aromatic heterocycles. The first-order chi connectivity index (χ1) is 18.5. The maximum Gasteiger partial charge on any atom is 0.425 e. The predicted molar refractivity (Wildman–Crippen MR) is 139 cm³/mol. The van der Waals surface area contributed by atoms with Crippen LogP contribution in [0.25, 0.3) is 6.08 Å². The number of nitrogens with one attached hydrogen (secondary N) is 1. The van der Waals surface area contributed by atoms with Gasteiger partial charge in [-0.25, -0.2) is 19.3 Å². The number of pyridine rings is 1. The Morgan fingerprint density at radius 1 is 1.21 bits per heavy atom. The van der Waals surface area contributed by atoms with Gasteiger partial charge >= 0.3 is 6.18 Å². The van der Waals surface area contributed by atoms with E-state index in [2.05, 4.69) is 25.2 Å². The Labute approximate surface area is 226 Å². The minimum atomic E-state index is -4.45. The van der Waals surface area contributed by atoms with Crippen LogP contribution >= 0.6 is 0 Å². The number of rotatable bonds is 8. The standard InChI is InChI=1S/C28H35F4N5O2/c1-19(28(30,31)32)39-26-6-4-22-9-14-37(15-10-24(22)36-26)16-13-27(29)11-7-23(8-12-27)35-25(38)5-3-21-17-33-20(2)34-18-21/h3-6,17-19,23H,7-16H2,1-2H3,(H,35,38)/b5-3+/t19-,23-,27+/m1/s1. The average Bonchev–Trinajstić information content (AvgIpc) is 3.10. The highest BCUT2D eigenvalue weighted by Gasteiger charge is 2.38. The lowest BCUT2D eigenvalue weighted by Crippen LogP contribution is -2.42. The lowest BCUT2D eigenvalue weighted by Gasteiger charge is -2.35. The van der Waals surface area contributed by atoms with Crippen molar-refractivity contribution < 1.29 is 27.1 Å². The Bertz CT molecular complexity index is 1150. The second-order valence-electron chi connectivity index (χ2n) is 10.5. The number of halogens is 4. The zero-order valence-corrected chi connectivity index (χ0v) is 22.3. The van der Waals surface area contributed by atoms with Gasteiger partial charge in [0, 0.05) is 67.9 Å². The summed E-state index contributed by atoms with van der Waals surface area (Å²) in [5.41, 5.74) is 1.18. The minimum Gasteiger partial charge on any atom is -0.465 e. The Hall–Kier alpha value is -3.08. The molecule has 212 valence electrons. The number of hydrogen-bond acceptors (Lipinski definition) is 6. The molecule has 0 saturated heterocycles. The largest absolute Gasteiger partial charge is 0.465 e. The van der Waals surface area contributed by atoms with E-state index in [1.807, 2.05) is 0 Å². The van der Waals surface area contributed by atoms with Crippen molar-refractivity contribution in [3.8, 4) is 5.88 Å². The lowest BCUT2D eigenvalue weighted by molar-refractivity contribution is -0.190. The van der Waals surface area contributed by atoms with Crippen molar-refractivity contribution in [3.05, 3.63) is 53.2 Å². The van der Waals surface area contributed by atoms with Gasteiger partial charge in [-0.2, -0.15) is 13.2 Å². The summed E-state index contributed by atoms with van der Waals surface area (Å²) in [5.74, 6) is 0.414. The smallest absolute Gasteiger partial charge is 0.425 e. The first-order valence-electron chi connectivity index (χ1n) is 13.4. The number of carbonyl (C=O) groups excluding carboxylic acids is 1. The van der Waals surface area contributed by atoms with E-state index in [9.17, 15) is 18.0 Å². The zero-order valence-electron chi connectivity index (χ0n) is 22.3. The van der Waals surface area contributed by atoms with Gasteiger partial charge in [-0.1, -0.05) is 6.07 Å². The van der Waals surface area contributed by atoms with E-state index in [1.54, 1.807) is 31.5 Å². The van der Waals surface area contributed by atoms with Gasteiger partial charge in [-0.3, -0.25) is 4.79 Å². The van der Waals surface area contributed by atoms with Gasteiger partial charge in [0.15, 0.2) is 6.10 Å². The quantitative estimate of drug-likeness (QED) is 0.377. The highest BCUT2D eigenvalue weighted by molar-refractivity contribution is 5.91. The molecule has 1 atom stereocenters. The number of ether oxygens (including phenoxy) is 1. The van der Waals surface area contributed by atoms with Gasteiger partial charge in [0.05, 0.1) is 0 Å². The van der Waals surface area contributed by atoms with Gasteiger partial charge in [0.25, 0.3) is 0 Å². The zero-order chi connectivity index (χ0) is 28.0. The van der Waals surface area contributed by atoms with Gasteiger partial charge < -0.3 is 15.0 Å². The third kappa shape index (κ3) is 8.45. The summed E-state index contributed by atoms with van der Waals surface area (Å²) in [6.45, 7) is 4.74. The fourth-order valence-corrected chi connectivity index (χ4v) is 4.94. The second-order valence-corrected chi connectivity index (χ2v) is 10.5. The molecule has 1 N–H and O–H groups in total. The van der Waals surface area contributed by atoms with Crippen molar-refractivity contribution in [2.24, 2.45) is 0 Å². The van der Waals surface area contributed by atoms with Gasteiger partial charge in [-0.15, -0.1) is 0 Å². The predicted octanol–water partition coefficient (Wildman–Crippen LogP) is 4.78. The van der Waals surface area contributed by atoms with Gasteiger partial charge in [0.1, 0.15) is 11.5 Å². The molecule has 11 heteroatoms. The fraction of sp³-hybridized carbons (Fsp3) is 0.571. The van der Waals surface area contributed by atoms with Gasteiger partial charge in [0.2, 0.25) is 11.8 Å². The molecule has 1 amide bonds. The molecule has 7 nitrogen and oxygen atoms in total. The summed E-state index contributed by atoms with van der Waals surface area (Å²) < 4.78 is 59.0. The number of amides is 1. The van der Waals surface area contributed by atoms with Crippen LogP contribution in [0.3, 0.4) is 0 Å². The topological polar surface area (TPSA) is 80.2 Å². The number of aryl methyl sites for hydroxylation is 1. The molecule has 39 heavy (non-hydrogen) atoms. The Morgan fingerprint density at radius 2 is 1.90 bits per heavy atom. The summed E-state index contributed by atoms with van der Waals surface area (Å²) in [6, 6.07) is 3.20. The maximum absolute atomic E-state index is 15.6. The fourth-order valence-electron chi connectivity index (χ4n) is 4.94. The van der Waals surface area contributed by atoms with Crippen molar-refractivity contribution in [1.82, 2.24) is 25.2 Å². The summed E-state index contributed by atoms with van der Waals surface area (Å²) in [5, 5.41) is 2.96. The normalized spacial score (nSPS) is 23.2. The molecule has 0 bridgehead atoms. The number of hydrogen-bond donors (Lipinski definition) is 1. The molecule has 1 aliphatic carbocycles. The molecular formula is C28H35F4N5O2. The SMILES string of the molecule is Cc1ncc(/C=C/C(=O)N[C@H]2CC[C@](F)(CCN3CCc4ccc(O[C@H](C)C(F)(F)F)nc4CC3)CC2)cn1. The summed E-state index contributed by atoms with van der Waals surface area (Å²) in [6.07, 6.45) is 3.64. The van der Waals surface area contributed by atoms with E-state index in [4.69, 9.17) is 4.74 Å². The monoisotopic (exact) mass is 549 g/mol. The summed E-state index contributed by atoms with van der Waals surface area (Å²) in [7, 11) is 0. The second kappa shape index (κ2) is 12.4. The van der Waals surface area contributed by atoms with Crippen LogP contribution in [-0.4, -0.2) is 69.4 Å². The molecular weight excluding hydrogens is 514 g/mol. The van der Waals surface area contributed by atoms with E-state index in [1.165, 1.54) is 12.1 Å². The van der Waals surface area contributed by atoms with Crippen LogP contribution in [0.15, 0.2) is 30.6 Å². The third-order valence-corrected chi connectivity index (χ3v) is 7.50. The molecule has 1 aliphatic heterocycles. The highest BCUT2D eigenvalue weighted by atomic mass is 19.4. The number of fused-ring (bicyclic) bond motifs is 1. The molecule has 0 aromatic carbocycles. The third-order valence-electron chi connectivity index (χ3n) is 7.50. The Kier molecular flexibility index (Phi) is 9.19. The first-order valence-corrected chi connectivity index (χ1v) is 13.4. The van der Waals surface area contributed by atoms with Crippen LogP contribution in [0.1, 0.15) is 61.7 Å². The highest BCUT2D eigenvalue weighted by Crippen LogP contribution is 2.35. The van der Waals surface area contributed by atoms with Gasteiger partial charge in [-0.05, 0) is 64.0 Å². The van der Waals surface area contributed by atoms with Crippen molar-refractivity contribution >= 4 is 12.0 Å². The van der Waals surface area contributed by atoms with Crippen LogP contribution in [-0.2, 0) is 17.6 Å². The van der Waals surface area contributed by atoms with Crippen LogP contribution in [0.5, 0.6) is 5.88 Å². The molecule has 0 radical (unpaired) electrons. The van der Waals surface area contributed by atoms with Crippen LogP contribution < -0.4 is 10.1 Å². The number of nitrogens with zero attached hydrogens (tertiary/aromatic N) is 4. The summed E-state index contributed by atoms with van der Waals surface area (Å²) in [4.78, 5) is 27.0. The van der Waals surface area contributed by atoms with E-state index < -0.39 is 17.9 Å². The van der Waals surface area contributed by atoms with Crippen molar-refractivity contribution in [3.63, 3.8) is 0 Å². The molecule has 4 rings (SSSR count). The average molecular weight is 550 g/mol. The van der Waals surface area contributed by atoms with E-state index in [0.717, 1.165) is 30.3 Å². The molecule has 2 aromatic rings. The van der Waals surface area contributed by atoms with Crippen molar-refractivity contribution in [2.75, 3.05) is 19.6 Å².